The molecule has 1 aromatic heterocycles. The maximum Gasteiger partial charge on any atom is 0.191 e. The highest BCUT2D eigenvalue weighted by Crippen LogP contribution is 2.17. The third kappa shape index (κ3) is 6.01. The molecule has 0 saturated heterocycles. The molecule has 7 heteroatoms. The van der Waals surface area contributed by atoms with Gasteiger partial charge in [0.05, 0.1) is 10.7 Å². The van der Waals surface area contributed by atoms with E-state index in [4.69, 9.17) is 0 Å². The van der Waals surface area contributed by atoms with Crippen LogP contribution in [0.3, 0.4) is 0 Å². The normalized spacial score (nSPS) is 11.1. The molecule has 0 aliphatic heterocycles. The van der Waals surface area contributed by atoms with Crippen LogP contribution in [0.4, 0.5) is 4.39 Å². The lowest BCUT2D eigenvalue weighted by molar-refractivity contribution is 0.617. The van der Waals surface area contributed by atoms with Gasteiger partial charge in [-0.15, -0.1) is 35.3 Å². The van der Waals surface area contributed by atoms with Gasteiger partial charge in [0.15, 0.2) is 5.96 Å². The summed E-state index contributed by atoms with van der Waals surface area (Å²) in [4.78, 5) is 9.95. The van der Waals surface area contributed by atoms with E-state index in [1.54, 1.807) is 31.4 Å². The number of aromatic nitrogens is 1. The highest BCUT2D eigenvalue weighted by Gasteiger charge is 2.05. The molecule has 0 spiro atoms. The summed E-state index contributed by atoms with van der Waals surface area (Å²) in [5, 5.41) is 7.64. The van der Waals surface area contributed by atoms with Gasteiger partial charge in [0.25, 0.3) is 0 Å². The minimum Gasteiger partial charge on any atom is -0.356 e. The van der Waals surface area contributed by atoms with E-state index < -0.39 is 0 Å². The topological polar surface area (TPSA) is 49.3 Å². The van der Waals surface area contributed by atoms with Crippen LogP contribution in [-0.2, 0) is 13.0 Å². The van der Waals surface area contributed by atoms with Gasteiger partial charge in [0.2, 0.25) is 0 Å². The third-order valence-electron chi connectivity index (χ3n) is 3.55. The molecule has 0 atom stereocenters. The zero-order chi connectivity index (χ0) is 16.8. The van der Waals surface area contributed by atoms with E-state index in [1.165, 1.54) is 10.9 Å². The number of hydrogen-bond acceptors (Lipinski definition) is 3. The molecule has 0 radical (unpaired) electrons. The highest BCUT2D eigenvalue weighted by molar-refractivity contribution is 14.0. The standard InChI is InChI=1S/C17H23FN4S.HI/c1-11-9-14(5-6-15(11)18)10-21-17(19-4)20-8-7-16-12(2)22-13(3)23-16;/h5-6,9H,7-8,10H2,1-4H3,(H2,19,20,21);1H. The van der Waals surface area contributed by atoms with Gasteiger partial charge < -0.3 is 10.6 Å². The molecule has 2 N–H and O–H groups in total. The molecule has 24 heavy (non-hydrogen) atoms. The van der Waals surface area contributed by atoms with E-state index in [0.717, 1.165) is 35.2 Å². The lowest BCUT2D eigenvalue weighted by Gasteiger charge is -2.12. The molecular weight excluding hydrogens is 438 g/mol. The van der Waals surface area contributed by atoms with Crippen LogP contribution in [0.15, 0.2) is 23.2 Å². The van der Waals surface area contributed by atoms with Crippen LogP contribution in [0.2, 0.25) is 0 Å². The average Bonchev–Trinajstić information content (AvgIpc) is 2.84. The molecule has 132 valence electrons. The van der Waals surface area contributed by atoms with E-state index in [0.29, 0.717) is 12.1 Å². The predicted molar refractivity (Wildman–Crippen MR) is 110 cm³/mol. The van der Waals surface area contributed by atoms with Crippen molar-refractivity contribution in [3.63, 3.8) is 0 Å². The second-order valence-corrected chi connectivity index (χ2v) is 6.72. The van der Waals surface area contributed by atoms with Crippen molar-refractivity contribution in [3.05, 3.63) is 50.7 Å². The Morgan fingerprint density at radius 3 is 2.58 bits per heavy atom. The zero-order valence-corrected chi connectivity index (χ0v) is 17.6. The summed E-state index contributed by atoms with van der Waals surface area (Å²) in [6.45, 7) is 7.25. The van der Waals surface area contributed by atoms with Crippen molar-refractivity contribution in [2.75, 3.05) is 13.6 Å². The van der Waals surface area contributed by atoms with Gasteiger partial charge in [-0.05, 0) is 38.0 Å². The number of hydrogen-bond donors (Lipinski definition) is 2. The summed E-state index contributed by atoms with van der Waals surface area (Å²) in [7, 11) is 1.74. The molecule has 4 nitrogen and oxygen atoms in total. The smallest absolute Gasteiger partial charge is 0.191 e. The molecule has 0 amide bonds. The van der Waals surface area contributed by atoms with Crippen LogP contribution in [0, 0.1) is 26.6 Å². The first kappa shape index (κ1) is 20.8. The number of nitrogens with one attached hydrogen (secondary N) is 2. The molecule has 0 bridgehead atoms. The fourth-order valence-electron chi connectivity index (χ4n) is 2.32. The SMILES string of the molecule is CN=C(NCCc1sc(C)nc1C)NCc1ccc(F)c(C)c1.I. The fraction of sp³-hybridized carbons (Fsp3) is 0.412. The number of aliphatic imine (C=N–C) groups is 1. The van der Waals surface area contributed by atoms with Crippen LogP contribution in [0.25, 0.3) is 0 Å². The van der Waals surface area contributed by atoms with E-state index >= 15 is 0 Å². The van der Waals surface area contributed by atoms with E-state index in [9.17, 15) is 4.39 Å². The quantitative estimate of drug-likeness (QED) is 0.405. The maximum atomic E-state index is 13.3. The predicted octanol–water partition coefficient (Wildman–Crippen LogP) is 3.73. The maximum absolute atomic E-state index is 13.3. The Labute approximate surface area is 164 Å². The molecular formula is C17H24FIN4S. The fourth-order valence-corrected chi connectivity index (χ4v) is 3.26. The molecule has 0 aliphatic rings. The second-order valence-electron chi connectivity index (χ2n) is 5.43. The van der Waals surface area contributed by atoms with Crippen molar-refractivity contribution >= 4 is 41.3 Å². The van der Waals surface area contributed by atoms with Crippen molar-refractivity contribution in [1.82, 2.24) is 15.6 Å². The van der Waals surface area contributed by atoms with Gasteiger partial charge in [0, 0.05) is 31.4 Å². The number of nitrogens with zero attached hydrogens (tertiary/aromatic N) is 2. The van der Waals surface area contributed by atoms with Crippen LogP contribution in [0.1, 0.15) is 26.7 Å². The number of rotatable bonds is 5. The van der Waals surface area contributed by atoms with Crippen LogP contribution < -0.4 is 10.6 Å². The second kappa shape index (κ2) is 9.93. The van der Waals surface area contributed by atoms with Crippen LogP contribution in [0.5, 0.6) is 0 Å². The van der Waals surface area contributed by atoms with E-state index in [1.807, 2.05) is 19.9 Å². The molecule has 0 fully saturated rings. The summed E-state index contributed by atoms with van der Waals surface area (Å²) in [5.74, 6) is 0.567. The first-order valence-electron chi connectivity index (χ1n) is 7.62. The Balaban J connectivity index is 0.00000288. The number of benzene rings is 1. The average molecular weight is 462 g/mol. The Morgan fingerprint density at radius 1 is 1.25 bits per heavy atom. The van der Waals surface area contributed by atoms with Gasteiger partial charge in [-0.1, -0.05) is 12.1 Å². The Kier molecular flexibility index (Phi) is 8.61. The van der Waals surface area contributed by atoms with Gasteiger partial charge in [-0.2, -0.15) is 0 Å². The molecule has 0 aliphatic carbocycles. The zero-order valence-electron chi connectivity index (χ0n) is 14.4. The van der Waals surface area contributed by atoms with Gasteiger partial charge >= 0.3 is 0 Å². The first-order valence-corrected chi connectivity index (χ1v) is 8.43. The Morgan fingerprint density at radius 2 is 2.00 bits per heavy atom. The van der Waals surface area contributed by atoms with Gasteiger partial charge in [0.1, 0.15) is 5.82 Å². The number of thiazole rings is 1. The Hall–Kier alpha value is -1.22. The largest absolute Gasteiger partial charge is 0.356 e. The van der Waals surface area contributed by atoms with Crippen LogP contribution >= 0.6 is 35.3 Å². The van der Waals surface area contributed by atoms with Crippen molar-refractivity contribution in [2.24, 2.45) is 4.99 Å². The lowest BCUT2D eigenvalue weighted by Crippen LogP contribution is -2.37. The summed E-state index contributed by atoms with van der Waals surface area (Å²) in [5.41, 5.74) is 2.79. The highest BCUT2D eigenvalue weighted by atomic mass is 127. The molecule has 2 aromatic rings. The van der Waals surface area contributed by atoms with Crippen LogP contribution in [-0.4, -0.2) is 24.5 Å². The van der Waals surface area contributed by atoms with Gasteiger partial charge in [-0.3, -0.25) is 4.99 Å². The summed E-state index contributed by atoms with van der Waals surface area (Å²) < 4.78 is 13.3. The molecule has 2 rings (SSSR count). The number of guanidine groups is 1. The van der Waals surface area contributed by atoms with Crippen molar-refractivity contribution in [1.29, 1.82) is 0 Å². The van der Waals surface area contributed by atoms with Gasteiger partial charge in [-0.25, -0.2) is 9.37 Å². The van der Waals surface area contributed by atoms with Crippen molar-refractivity contribution in [3.8, 4) is 0 Å². The number of halogens is 2. The first-order chi connectivity index (χ1) is 11.0. The minimum atomic E-state index is -0.175. The van der Waals surface area contributed by atoms with Crippen molar-refractivity contribution in [2.45, 2.75) is 33.7 Å². The monoisotopic (exact) mass is 462 g/mol. The van der Waals surface area contributed by atoms with E-state index in [2.05, 4.69) is 20.6 Å². The summed E-state index contributed by atoms with van der Waals surface area (Å²) in [6.07, 6.45) is 0.924. The summed E-state index contributed by atoms with van der Waals surface area (Å²) >= 11 is 1.74. The lowest BCUT2D eigenvalue weighted by atomic mass is 10.1. The van der Waals surface area contributed by atoms with Crippen molar-refractivity contribution < 1.29 is 4.39 Å². The molecule has 1 aromatic carbocycles. The summed E-state index contributed by atoms with van der Waals surface area (Å²) in [6, 6.07) is 5.13. The molecule has 0 saturated carbocycles. The number of aryl methyl sites for hydroxylation is 3. The minimum absolute atomic E-state index is 0. The Bertz CT molecular complexity index is 700. The molecule has 0 unspecified atom stereocenters. The third-order valence-corrected chi connectivity index (χ3v) is 4.68. The van der Waals surface area contributed by atoms with E-state index in [-0.39, 0.29) is 29.8 Å². The molecule has 1 heterocycles.